The van der Waals surface area contributed by atoms with Gasteiger partial charge >= 0.3 is 5.97 Å². The monoisotopic (exact) mass is 404 g/mol. The van der Waals surface area contributed by atoms with E-state index in [9.17, 15) is 14.7 Å². The molecule has 1 fully saturated rings. The molecular formula is C21H25ClN2O4. The van der Waals surface area contributed by atoms with Crippen LogP contribution in [0.4, 0.5) is 0 Å². The lowest BCUT2D eigenvalue weighted by Crippen LogP contribution is -2.53. The number of benzene rings is 1. The summed E-state index contributed by atoms with van der Waals surface area (Å²) in [6.07, 6.45) is 5.54. The van der Waals surface area contributed by atoms with Crippen molar-refractivity contribution in [1.82, 2.24) is 10.2 Å². The highest BCUT2D eigenvalue weighted by molar-refractivity contribution is 6.32. The highest BCUT2D eigenvalue weighted by Gasteiger charge is 2.39. The van der Waals surface area contributed by atoms with Crippen molar-refractivity contribution < 1.29 is 19.4 Å². The Balaban J connectivity index is 1.70. The number of morpholine rings is 1. The van der Waals surface area contributed by atoms with E-state index in [0.29, 0.717) is 31.2 Å². The Bertz CT molecular complexity index is 801. The van der Waals surface area contributed by atoms with Crippen molar-refractivity contribution >= 4 is 29.1 Å². The van der Waals surface area contributed by atoms with Crippen molar-refractivity contribution in [3.63, 3.8) is 0 Å². The molecule has 150 valence electrons. The Morgan fingerprint density at radius 2 is 2.04 bits per heavy atom. The number of ether oxygens (including phenoxy) is 1. The number of aliphatic carboxylic acids is 1. The van der Waals surface area contributed by atoms with Crippen LogP contribution in [0.15, 0.2) is 42.5 Å². The molecule has 0 aromatic heterocycles. The van der Waals surface area contributed by atoms with Crippen LogP contribution >= 0.6 is 11.6 Å². The maximum Gasteiger partial charge on any atom is 0.313 e. The normalized spacial score (nSPS) is 25.2. The van der Waals surface area contributed by atoms with Gasteiger partial charge < -0.3 is 15.2 Å². The molecule has 1 aliphatic heterocycles. The van der Waals surface area contributed by atoms with Crippen LogP contribution in [0.2, 0.25) is 5.02 Å². The Morgan fingerprint density at radius 1 is 1.32 bits per heavy atom. The van der Waals surface area contributed by atoms with Gasteiger partial charge in [-0.2, -0.15) is 0 Å². The van der Waals surface area contributed by atoms with Crippen LogP contribution in [0.1, 0.15) is 18.9 Å². The number of nitrogens with zero attached hydrogens (tertiary/aromatic N) is 1. The smallest absolute Gasteiger partial charge is 0.313 e. The Kier molecular flexibility index (Phi) is 6.54. The highest BCUT2D eigenvalue weighted by atomic mass is 35.5. The lowest BCUT2D eigenvalue weighted by molar-refractivity contribution is -0.142. The summed E-state index contributed by atoms with van der Waals surface area (Å²) >= 11 is 6.25. The number of hydrogen-bond acceptors (Lipinski definition) is 4. The summed E-state index contributed by atoms with van der Waals surface area (Å²) < 4.78 is 5.31. The molecule has 2 unspecified atom stereocenters. The lowest BCUT2D eigenvalue weighted by Gasteiger charge is -2.35. The molecule has 1 heterocycles. The van der Waals surface area contributed by atoms with E-state index in [1.807, 2.05) is 24.3 Å². The zero-order chi connectivity index (χ0) is 20.1. The second-order valence-corrected chi connectivity index (χ2v) is 7.69. The minimum Gasteiger partial charge on any atom is -0.481 e. The maximum atomic E-state index is 12.5. The van der Waals surface area contributed by atoms with E-state index in [0.717, 1.165) is 24.2 Å². The molecule has 3 rings (SSSR count). The molecule has 2 atom stereocenters. The molecule has 0 bridgehead atoms. The molecule has 1 aromatic rings. The minimum absolute atomic E-state index is 0.167. The topological polar surface area (TPSA) is 78.9 Å². The third kappa shape index (κ3) is 4.82. The average Bonchev–Trinajstić information content (AvgIpc) is 2.68. The molecule has 1 saturated heterocycles. The van der Waals surface area contributed by atoms with Gasteiger partial charge in [0.15, 0.2) is 0 Å². The molecule has 2 N–H and O–H groups in total. The van der Waals surface area contributed by atoms with E-state index in [1.165, 1.54) is 0 Å². The van der Waals surface area contributed by atoms with Crippen LogP contribution in [-0.4, -0.2) is 60.3 Å². The number of carbonyl (C=O) groups is 2. The number of carboxylic acids is 1. The molecule has 28 heavy (non-hydrogen) atoms. The van der Waals surface area contributed by atoms with Gasteiger partial charge in [-0.3, -0.25) is 14.5 Å². The third-order valence-corrected chi connectivity index (χ3v) is 5.55. The molecule has 0 saturated carbocycles. The molecule has 7 heteroatoms. The van der Waals surface area contributed by atoms with E-state index in [1.54, 1.807) is 25.1 Å². The second kappa shape index (κ2) is 8.90. The summed E-state index contributed by atoms with van der Waals surface area (Å²) in [5, 5.41) is 13.2. The van der Waals surface area contributed by atoms with Crippen LogP contribution < -0.4 is 5.32 Å². The first-order valence-corrected chi connectivity index (χ1v) is 9.77. The van der Waals surface area contributed by atoms with E-state index >= 15 is 0 Å². The van der Waals surface area contributed by atoms with Gasteiger partial charge in [-0.05, 0) is 24.1 Å². The fourth-order valence-corrected chi connectivity index (χ4v) is 3.79. The Morgan fingerprint density at radius 3 is 2.71 bits per heavy atom. The molecule has 1 amide bonds. The first-order valence-electron chi connectivity index (χ1n) is 9.39. The molecule has 1 aromatic carbocycles. The number of amides is 1. The number of halogens is 1. The number of hydrogen-bond donors (Lipinski definition) is 2. The van der Waals surface area contributed by atoms with Crippen molar-refractivity contribution in [3.8, 4) is 0 Å². The fraction of sp³-hybridized carbons (Fsp3) is 0.429. The van der Waals surface area contributed by atoms with E-state index in [-0.39, 0.29) is 5.91 Å². The summed E-state index contributed by atoms with van der Waals surface area (Å²) in [5.74, 6) is -2.06. The summed E-state index contributed by atoms with van der Waals surface area (Å²) in [6, 6.07) is 7.29. The predicted octanol–water partition coefficient (Wildman–Crippen LogP) is 2.59. The largest absolute Gasteiger partial charge is 0.481 e. The molecule has 2 aliphatic rings. The summed E-state index contributed by atoms with van der Waals surface area (Å²) in [7, 11) is 0. The van der Waals surface area contributed by atoms with Crippen molar-refractivity contribution in [2.75, 3.05) is 32.8 Å². The van der Waals surface area contributed by atoms with Gasteiger partial charge in [0.1, 0.15) is 5.92 Å². The number of nitrogens with one attached hydrogen (secondary N) is 1. The van der Waals surface area contributed by atoms with Crippen LogP contribution in [0.3, 0.4) is 0 Å². The summed E-state index contributed by atoms with van der Waals surface area (Å²) in [4.78, 5) is 26.6. The van der Waals surface area contributed by atoms with Gasteiger partial charge in [-0.15, -0.1) is 0 Å². The van der Waals surface area contributed by atoms with E-state index in [4.69, 9.17) is 16.3 Å². The van der Waals surface area contributed by atoms with E-state index < -0.39 is 17.4 Å². The summed E-state index contributed by atoms with van der Waals surface area (Å²) in [5.41, 5.74) is 0.504. The quantitative estimate of drug-likeness (QED) is 0.761. The van der Waals surface area contributed by atoms with Gasteiger partial charge in [0, 0.05) is 31.1 Å². The predicted molar refractivity (Wildman–Crippen MR) is 108 cm³/mol. The van der Waals surface area contributed by atoms with Crippen molar-refractivity contribution in [2.24, 2.45) is 5.92 Å². The first kappa shape index (κ1) is 20.6. The molecular weight excluding hydrogens is 380 g/mol. The molecule has 0 spiro atoms. The highest BCUT2D eigenvalue weighted by Crippen LogP contribution is 2.34. The van der Waals surface area contributed by atoms with Crippen molar-refractivity contribution in [2.45, 2.75) is 18.9 Å². The lowest BCUT2D eigenvalue weighted by atomic mass is 9.78. The minimum atomic E-state index is -1.00. The maximum absolute atomic E-state index is 12.5. The van der Waals surface area contributed by atoms with Crippen molar-refractivity contribution in [3.05, 3.63) is 53.1 Å². The number of rotatable bonds is 6. The fourth-order valence-electron chi connectivity index (χ4n) is 3.54. The van der Waals surface area contributed by atoms with Crippen LogP contribution in [0.25, 0.3) is 5.57 Å². The third-order valence-electron chi connectivity index (χ3n) is 5.22. The standard InChI is InChI=1S/C21H25ClN2O4/c1-21(23-19(25)7-9-24-10-12-28-13-11-24)8-6-15(14-17(21)20(26)27)16-4-2-3-5-18(16)22/h2-6,8,14,17H,7,9-13H2,1H3,(H,23,25)(H,26,27). The Hall–Kier alpha value is -2.15. The molecule has 6 nitrogen and oxygen atoms in total. The molecule has 0 radical (unpaired) electrons. The average molecular weight is 405 g/mol. The van der Waals surface area contributed by atoms with Gasteiger partial charge in [0.05, 0.1) is 18.8 Å². The van der Waals surface area contributed by atoms with E-state index in [2.05, 4.69) is 10.2 Å². The van der Waals surface area contributed by atoms with Gasteiger partial charge in [0.25, 0.3) is 0 Å². The van der Waals surface area contributed by atoms with Gasteiger partial charge in [0.2, 0.25) is 5.91 Å². The Labute approximate surface area is 169 Å². The van der Waals surface area contributed by atoms with Gasteiger partial charge in [-0.1, -0.05) is 48.0 Å². The van der Waals surface area contributed by atoms with Crippen LogP contribution in [-0.2, 0) is 14.3 Å². The van der Waals surface area contributed by atoms with Crippen LogP contribution in [0.5, 0.6) is 0 Å². The van der Waals surface area contributed by atoms with Crippen LogP contribution in [0, 0.1) is 5.92 Å². The first-order chi connectivity index (χ1) is 13.4. The van der Waals surface area contributed by atoms with Crippen molar-refractivity contribution in [1.29, 1.82) is 0 Å². The zero-order valence-electron chi connectivity index (χ0n) is 15.9. The van der Waals surface area contributed by atoms with Gasteiger partial charge in [-0.25, -0.2) is 0 Å². The summed E-state index contributed by atoms with van der Waals surface area (Å²) in [6.45, 7) is 5.35. The number of allylic oxidation sites excluding steroid dienone is 2. The molecule has 1 aliphatic carbocycles. The second-order valence-electron chi connectivity index (χ2n) is 7.29. The SMILES string of the molecule is CC1(NC(=O)CCN2CCOCC2)C=CC(c2ccccc2Cl)=CC1C(=O)O. The number of carbonyl (C=O) groups excluding carboxylic acids is 1. The zero-order valence-corrected chi connectivity index (χ0v) is 16.6. The number of carboxylic acid groups (broad SMARTS) is 1.